The Hall–Kier alpha value is -1.06. The van der Waals surface area contributed by atoms with Crippen LogP contribution in [0, 0.1) is 23.2 Å². The molecule has 4 atom stereocenters. The largest absolute Gasteiger partial charge is 0.481 e. The van der Waals surface area contributed by atoms with Crippen LogP contribution in [0.2, 0.25) is 0 Å². The van der Waals surface area contributed by atoms with Crippen molar-refractivity contribution < 1.29 is 14.7 Å². The van der Waals surface area contributed by atoms with Crippen molar-refractivity contribution in [2.24, 2.45) is 23.2 Å². The van der Waals surface area contributed by atoms with E-state index in [0.29, 0.717) is 18.8 Å². The number of carbonyl (C=O) groups excluding carboxylic acids is 1. The minimum atomic E-state index is -0.813. The Bertz CT molecular complexity index is 405. The van der Waals surface area contributed by atoms with Crippen LogP contribution in [-0.4, -0.2) is 23.0 Å². The lowest BCUT2D eigenvalue weighted by atomic mass is 9.70. The molecule has 2 aliphatic carbocycles. The molecule has 2 aliphatic rings. The smallest absolute Gasteiger partial charge is 0.307 e. The van der Waals surface area contributed by atoms with Crippen molar-refractivity contribution in [2.75, 3.05) is 0 Å². The predicted molar refractivity (Wildman–Crippen MR) is 81.8 cm³/mol. The van der Waals surface area contributed by atoms with E-state index >= 15 is 0 Å². The van der Waals surface area contributed by atoms with Crippen molar-refractivity contribution in [3.8, 4) is 0 Å². The SMILES string of the molecule is C[C@@H]1C[C@H](NC(=O)[C@@H]2CCCC[C@@H]2C(=O)O)CC(C)(C)C1. The van der Waals surface area contributed by atoms with E-state index in [2.05, 4.69) is 26.1 Å². The molecule has 0 aromatic carbocycles. The Morgan fingerprint density at radius 3 is 2.29 bits per heavy atom. The van der Waals surface area contributed by atoms with Gasteiger partial charge in [-0.25, -0.2) is 0 Å². The molecule has 2 saturated carbocycles. The highest BCUT2D eigenvalue weighted by Gasteiger charge is 2.38. The highest BCUT2D eigenvalue weighted by atomic mass is 16.4. The van der Waals surface area contributed by atoms with Crippen molar-refractivity contribution in [2.45, 2.75) is 71.8 Å². The van der Waals surface area contributed by atoms with E-state index in [1.165, 1.54) is 6.42 Å². The number of nitrogens with one attached hydrogen (secondary N) is 1. The Balaban J connectivity index is 1.98. The van der Waals surface area contributed by atoms with E-state index in [0.717, 1.165) is 25.7 Å². The molecule has 120 valence electrons. The van der Waals surface area contributed by atoms with Crippen LogP contribution in [0.5, 0.6) is 0 Å². The van der Waals surface area contributed by atoms with Crippen molar-refractivity contribution in [1.29, 1.82) is 0 Å². The average molecular weight is 295 g/mol. The van der Waals surface area contributed by atoms with Gasteiger partial charge >= 0.3 is 5.97 Å². The zero-order chi connectivity index (χ0) is 15.6. The maximum Gasteiger partial charge on any atom is 0.307 e. The van der Waals surface area contributed by atoms with Gasteiger partial charge in [-0.15, -0.1) is 0 Å². The monoisotopic (exact) mass is 295 g/mol. The third kappa shape index (κ3) is 4.21. The molecule has 0 aliphatic heterocycles. The quantitative estimate of drug-likeness (QED) is 0.840. The minimum Gasteiger partial charge on any atom is -0.481 e. The van der Waals surface area contributed by atoms with Gasteiger partial charge in [0.15, 0.2) is 0 Å². The maximum atomic E-state index is 12.5. The van der Waals surface area contributed by atoms with E-state index in [-0.39, 0.29) is 23.3 Å². The fraction of sp³-hybridized carbons (Fsp3) is 0.882. The molecule has 0 unspecified atom stereocenters. The molecule has 2 N–H and O–H groups in total. The molecule has 2 fully saturated rings. The van der Waals surface area contributed by atoms with Crippen molar-refractivity contribution in [3.63, 3.8) is 0 Å². The Labute approximate surface area is 127 Å². The van der Waals surface area contributed by atoms with Crippen molar-refractivity contribution in [3.05, 3.63) is 0 Å². The van der Waals surface area contributed by atoms with Gasteiger partial charge in [0.1, 0.15) is 0 Å². The highest BCUT2D eigenvalue weighted by molar-refractivity contribution is 5.85. The van der Waals surface area contributed by atoms with Gasteiger partial charge in [0, 0.05) is 6.04 Å². The van der Waals surface area contributed by atoms with E-state index in [1.54, 1.807) is 0 Å². The van der Waals surface area contributed by atoms with Crippen LogP contribution in [0.25, 0.3) is 0 Å². The number of aliphatic carboxylic acids is 1. The summed E-state index contributed by atoms with van der Waals surface area (Å²) >= 11 is 0. The number of hydrogen-bond donors (Lipinski definition) is 2. The van der Waals surface area contributed by atoms with Gasteiger partial charge in [-0.05, 0) is 43.4 Å². The van der Waals surface area contributed by atoms with E-state index in [9.17, 15) is 14.7 Å². The summed E-state index contributed by atoms with van der Waals surface area (Å²) in [6.07, 6.45) is 6.45. The molecule has 4 nitrogen and oxygen atoms in total. The summed E-state index contributed by atoms with van der Waals surface area (Å²) in [5.74, 6) is -1.06. The second-order valence-electron chi connectivity index (χ2n) is 7.95. The molecule has 21 heavy (non-hydrogen) atoms. The summed E-state index contributed by atoms with van der Waals surface area (Å²) in [7, 11) is 0. The van der Waals surface area contributed by atoms with E-state index in [1.807, 2.05) is 0 Å². The lowest BCUT2D eigenvalue weighted by molar-refractivity contribution is -0.149. The van der Waals surface area contributed by atoms with Gasteiger partial charge in [0.2, 0.25) is 5.91 Å². The number of carbonyl (C=O) groups is 2. The molecule has 1 amide bonds. The third-order valence-electron chi connectivity index (χ3n) is 5.15. The van der Waals surface area contributed by atoms with Crippen LogP contribution in [0.15, 0.2) is 0 Å². The zero-order valence-corrected chi connectivity index (χ0v) is 13.5. The summed E-state index contributed by atoms with van der Waals surface area (Å²) in [6.45, 7) is 6.74. The second-order valence-corrected chi connectivity index (χ2v) is 7.95. The first kappa shape index (κ1) is 16.3. The molecule has 0 aromatic rings. The normalized spacial score (nSPS) is 36.0. The van der Waals surface area contributed by atoms with Crippen molar-refractivity contribution >= 4 is 11.9 Å². The predicted octanol–water partition coefficient (Wildman–Crippen LogP) is 3.21. The first-order chi connectivity index (χ1) is 9.78. The summed E-state index contributed by atoms with van der Waals surface area (Å²) in [4.78, 5) is 23.9. The number of rotatable bonds is 3. The fourth-order valence-electron chi connectivity index (χ4n) is 4.50. The van der Waals surface area contributed by atoms with Gasteiger partial charge in [0.05, 0.1) is 11.8 Å². The molecule has 0 heterocycles. The first-order valence-electron chi connectivity index (χ1n) is 8.32. The molecule has 0 bridgehead atoms. The Morgan fingerprint density at radius 1 is 1.10 bits per heavy atom. The lowest BCUT2D eigenvalue weighted by Crippen LogP contribution is -2.47. The molecule has 4 heteroatoms. The average Bonchev–Trinajstić information content (AvgIpc) is 2.36. The number of hydrogen-bond acceptors (Lipinski definition) is 2. The Kier molecular flexibility index (Phi) is 4.95. The van der Waals surface area contributed by atoms with Crippen molar-refractivity contribution in [1.82, 2.24) is 5.32 Å². The van der Waals surface area contributed by atoms with Gasteiger partial charge < -0.3 is 10.4 Å². The zero-order valence-electron chi connectivity index (χ0n) is 13.5. The van der Waals surface area contributed by atoms with Crippen LogP contribution < -0.4 is 5.32 Å². The molecule has 2 rings (SSSR count). The minimum absolute atomic E-state index is 0.0306. The molecule has 0 aromatic heterocycles. The van der Waals surface area contributed by atoms with Crippen LogP contribution in [0.3, 0.4) is 0 Å². The second kappa shape index (κ2) is 6.37. The van der Waals surface area contributed by atoms with Gasteiger partial charge in [-0.1, -0.05) is 33.6 Å². The molecule has 0 spiro atoms. The van der Waals surface area contributed by atoms with Gasteiger partial charge in [-0.2, -0.15) is 0 Å². The van der Waals surface area contributed by atoms with Crippen LogP contribution in [0.1, 0.15) is 65.7 Å². The summed E-state index contributed by atoms with van der Waals surface area (Å²) in [6, 6.07) is 0.202. The van der Waals surface area contributed by atoms with Crippen LogP contribution in [-0.2, 0) is 9.59 Å². The summed E-state index contributed by atoms with van der Waals surface area (Å²) < 4.78 is 0. The third-order valence-corrected chi connectivity index (χ3v) is 5.15. The first-order valence-corrected chi connectivity index (χ1v) is 8.32. The molecule has 0 saturated heterocycles. The topological polar surface area (TPSA) is 66.4 Å². The molecular formula is C17H29NO3. The molecular weight excluding hydrogens is 266 g/mol. The lowest BCUT2D eigenvalue weighted by Gasteiger charge is -2.40. The standard InChI is InChI=1S/C17H29NO3/c1-11-8-12(10-17(2,3)9-11)18-15(19)13-6-4-5-7-14(13)16(20)21/h11-14H,4-10H2,1-3H3,(H,18,19)(H,20,21)/t11-,12+,13-,14+/m1/s1. The number of carboxylic acid groups (broad SMARTS) is 1. The van der Waals surface area contributed by atoms with Gasteiger partial charge in [0.25, 0.3) is 0 Å². The van der Waals surface area contributed by atoms with E-state index < -0.39 is 11.9 Å². The maximum absolute atomic E-state index is 12.5. The highest BCUT2D eigenvalue weighted by Crippen LogP contribution is 2.39. The summed E-state index contributed by atoms with van der Waals surface area (Å²) in [5.41, 5.74) is 0.258. The number of amides is 1. The van der Waals surface area contributed by atoms with E-state index in [4.69, 9.17) is 0 Å². The van der Waals surface area contributed by atoms with Gasteiger partial charge in [-0.3, -0.25) is 9.59 Å². The molecule has 0 radical (unpaired) electrons. The number of carboxylic acids is 1. The fourth-order valence-corrected chi connectivity index (χ4v) is 4.50. The van der Waals surface area contributed by atoms with Crippen LogP contribution in [0.4, 0.5) is 0 Å². The summed E-state index contributed by atoms with van der Waals surface area (Å²) in [5, 5.41) is 12.5. The van der Waals surface area contributed by atoms with Crippen LogP contribution >= 0.6 is 0 Å². The Morgan fingerprint density at radius 2 is 1.71 bits per heavy atom.